The number of aromatic nitrogens is 1. The third kappa shape index (κ3) is 4.46. The van der Waals surface area contributed by atoms with Gasteiger partial charge in [-0.05, 0) is 54.8 Å². The van der Waals surface area contributed by atoms with Gasteiger partial charge in [0.2, 0.25) is 5.91 Å². The van der Waals surface area contributed by atoms with E-state index in [2.05, 4.69) is 15.2 Å². The zero-order chi connectivity index (χ0) is 20.2. The number of fused-ring (bicyclic) bond motifs is 1. The van der Waals surface area contributed by atoms with Crippen LogP contribution in [0, 0.1) is 5.92 Å². The largest absolute Gasteiger partial charge is 0.497 e. The average molecular weight is 410 g/mol. The van der Waals surface area contributed by atoms with Crippen molar-refractivity contribution >= 4 is 34.1 Å². The van der Waals surface area contributed by atoms with Crippen molar-refractivity contribution in [3.63, 3.8) is 0 Å². The van der Waals surface area contributed by atoms with Gasteiger partial charge >= 0.3 is 0 Å². The highest BCUT2D eigenvalue weighted by Gasteiger charge is 2.25. The van der Waals surface area contributed by atoms with Crippen molar-refractivity contribution in [2.45, 2.75) is 19.4 Å². The molecule has 0 bridgehead atoms. The first-order valence-electron chi connectivity index (χ1n) is 9.84. The van der Waals surface area contributed by atoms with Crippen LogP contribution in [0.3, 0.4) is 0 Å². The molecule has 3 aromatic rings. The number of anilines is 1. The molecule has 0 saturated carbocycles. The zero-order valence-corrected chi connectivity index (χ0v) is 17.2. The molecule has 1 amide bonds. The number of piperidine rings is 1. The van der Waals surface area contributed by atoms with Gasteiger partial charge in [0.05, 0.1) is 12.6 Å². The van der Waals surface area contributed by atoms with E-state index in [-0.39, 0.29) is 11.8 Å². The van der Waals surface area contributed by atoms with E-state index in [9.17, 15) is 4.79 Å². The van der Waals surface area contributed by atoms with Gasteiger partial charge in [-0.1, -0.05) is 23.7 Å². The molecule has 29 heavy (non-hydrogen) atoms. The highest BCUT2D eigenvalue weighted by atomic mass is 35.5. The fourth-order valence-corrected chi connectivity index (χ4v) is 4.01. The molecule has 4 rings (SSSR count). The zero-order valence-electron chi connectivity index (χ0n) is 16.4. The summed E-state index contributed by atoms with van der Waals surface area (Å²) in [5, 5.41) is 4.84. The monoisotopic (exact) mass is 409 g/mol. The van der Waals surface area contributed by atoms with E-state index in [0.29, 0.717) is 11.6 Å². The number of carbonyl (C=O) groups excluding carboxylic acids is 1. The van der Waals surface area contributed by atoms with Crippen molar-refractivity contribution in [2.24, 2.45) is 5.92 Å². The number of hydrogen-bond acceptors (Lipinski definition) is 4. The van der Waals surface area contributed by atoms with Gasteiger partial charge in [-0.3, -0.25) is 9.78 Å². The molecular weight excluding hydrogens is 386 g/mol. The third-order valence-electron chi connectivity index (χ3n) is 5.51. The van der Waals surface area contributed by atoms with Crippen molar-refractivity contribution in [1.82, 2.24) is 10.3 Å². The predicted octanol–water partition coefficient (Wildman–Crippen LogP) is 4.43. The van der Waals surface area contributed by atoms with Gasteiger partial charge < -0.3 is 15.0 Å². The molecular formula is C23H24ClN3O2. The Kier molecular flexibility index (Phi) is 5.86. The molecule has 1 N–H and O–H groups in total. The molecule has 1 saturated heterocycles. The Labute approximate surface area is 175 Å². The van der Waals surface area contributed by atoms with Crippen LogP contribution in [0.25, 0.3) is 10.9 Å². The summed E-state index contributed by atoms with van der Waals surface area (Å²) in [6.07, 6.45) is 3.50. The lowest BCUT2D eigenvalue weighted by molar-refractivity contribution is -0.125. The van der Waals surface area contributed by atoms with Crippen LogP contribution < -0.4 is 15.0 Å². The van der Waals surface area contributed by atoms with Crippen LogP contribution in [-0.4, -0.2) is 31.1 Å². The maximum absolute atomic E-state index is 12.6. The Hall–Kier alpha value is -2.79. The van der Waals surface area contributed by atoms with Gasteiger partial charge in [0, 0.05) is 47.8 Å². The van der Waals surface area contributed by atoms with Crippen LogP contribution in [0.1, 0.15) is 18.4 Å². The van der Waals surface area contributed by atoms with E-state index in [1.54, 1.807) is 7.11 Å². The topological polar surface area (TPSA) is 54.5 Å². The molecule has 0 atom stereocenters. The number of rotatable bonds is 5. The fraction of sp³-hybridized carbons (Fsp3) is 0.304. The van der Waals surface area contributed by atoms with Crippen LogP contribution in [0.4, 0.5) is 5.69 Å². The van der Waals surface area contributed by atoms with Crippen molar-refractivity contribution in [3.05, 3.63) is 65.3 Å². The minimum Gasteiger partial charge on any atom is -0.497 e. The molecule has 2 aromatic carbocycles. The Bertz CT molecular complexity index is 999. The van der Waals surface area contributed by atoms with Gasteiger partial charge in [-0.25, -0.2) is 0 Å². The van der Waals surface area contributed by atoms with Gasteiger partial charge in [-0.2, -0.15) is 0 Å². The first-order valence-corrected chi connectivity index (χ1v) is 10.2. The number of pyridine rings is 1. The summed E-state index contributed by atoms with van der Waals surface area (Å²) < 4.78 is 5.17. The first-order chi connectivity index (χ1) is 14.1. The second kappa shape index (κ2) is 8.70. The molecule has 0 aliphatic carbocycles. The highest BCUT2D eigenvalue weighted by Crippen LogP contribution is 2.31. The molecule has 0 spiro atoms. The lowest BCUT2D eigenvalue weighted by Crippen LogP contribution is -2.40. The van der Waals surface area contributed by atoms with Crippen LogP contribution >= 0.6 is 11.6 Å². The Balaban J connectivity index is 1.35. The number of benzene rings is 2. The molecule has 0 radical (unpaired) electrons. The van der Waals surface area contributed by atoms with E-state index < -0.39 is 0 Å². The second-order valence-electron chi connectivity index (χ2n) is 7.32. The minimum absolute atomic E-state index is 0.0428. The summed E-state index contributed by atoms with van der Waals surface area (Å²) in [4.78, 5) is 19.4. The number of ether oxygens (including phenoxy) is 1. The van der Waals surface area contributed by atoms with E-state index in [1.807, 2.05) is 54.7 Å². The molecule has 1 aliphatic heterocycles. The first kappa shape index (κ1) is 19.5. The standard InChI is InChI=1S/C23H24ClN3O2/c1-29-19-5-2-16(3-6-19)15-26-23(28)17-9-12-27(13-10-17)22-8-11-25-21-7-4-18(24)14-20(21)22/h2-8,11,14,17H,9-10,12-13,15H2,1H3,(H,26,28). The maximum Gasteiger partial charge on any atom is 0.223 e. The average Bonchev–Trinajstić information content (AvgIpc) is 2.77. The Morgan fingerprint density at radius 3 is 2.66 bits per heavy atom. The number of halogens is 1. The maximum atomic E-state index is 12.6. The van der Waals surface area contributed by atoms with Crippen molar-refractivity contribution in [2.75, 3.05) is 25.1 Å². The lowest BCUT2D eigenvalue weighted by Gasteiger charge is -2.33. The van der Waals surface area contributed by atoms with E-state index in [1.165, 1.54) is 0 Å². The molecule has 0 unspecified atom stereocenters. The Morgan fingerprint density at radius 2 is 1.93 bits per heavy atom. The summed E-state index contributed by atoms with van der Waals surface area (Å²) in [5.74, 6) is 0.988. The number of methoxy groups -OCH3 is 1. The number of amides is 1. The molecule has 1 fully saturated rings. The van der Waals surface area contributed by atoms with Gasteiger partial charge in [-0.15, -0.1) is 0 Å². The van der Waals surface area contributed by atoms with E-state index in [0.717, 1.165) is 53.8 Å². The predicted molar refractivity (Wildman–Crippen MR) is 117 cm³/mol. The summed E-state index contributed by atoms with van der Waals surface area (Å²) in [6.45, 7) is 2.22. The lowest BCUT2D eigenvalue weighted by atomic mass is 9.95. The van der Waals surface area contributed by atoms with Crippen molar-refractivity contribution in [3.8, 4) is 5.75 Å². The number of carbonyl (C=O) groups is 1. The molecule has 1 aromatic heterocycles. The summed E-state index contributed by atoms with van der Waals surface area (Å²) >= 11 is 6.19. The van der Waals surface area contributed by atoms with Gasteiger partial charge in [0.1, 0.15) is 5.75 Å². The van der Waals surface area contributed by atoms with E-state index in [4.69, 9.17) is 16.3 Å². The number of nitrogens with one attached hydrogen (secondary N) is 1. The molecule has 150 valence electrons. The summed E-state index contributed by atoms with van der Waals surface area (Å²) in [5.41, 5.74) is 3.14. The quantitative estimate of drug-likeness (QED) is 0.677. The second-order valence-corrected chi connectivity index (χ2v) is 7.76. The van der Waals surface area contributed by atoms with Crippen LogP contribution in [0.15, 0.2) is 54.7 Å². The molecule has 2 heterocycles. The highest BCUT2D eigenvalue weighted by molar-refractivity contribution is 6.31. The van der Waals surface area contributed by atoms with Crippen molar-refractivity contribution < 1.29 is 9.53 Å². The van der Waals surface area contributed by atoms with Crippen LogP contribution in [0.5, 0.6) is 5.75 Å². The van der Waals surface area contributed by atoms with Gasteiger partial charge in [0.25, 0.3) is 0 Å². The number of hydrogen-bond donors (Lipinski definition) is 1. The third-order valence-corrected chi connectivity index (χ3v) is 5.75. The smallest absolute Gasteiger partial charge is 0.223 e. The number of nitrogens with zero attached hydrogens (tertiary/aromatic N) is 2. The molecule has 5 nitrogen and oxygen atoms in total. The minimum atomic E-state index is 0.0428. The normalized spacial score (nSPS) is 14.8. The SMILES string of the molecule is COc1ccc(CNC(=O)C2CCN(c3ccnc4ccc(Cl)cc34)CC2)cc1. The Morgan fingerprint density at radius 1 is 1.17 bits per heavy atom. The molecule has 1 aliphatic rings. The van der Waals surface area contributed by atoms with E-state index >= 15 is 0 Å². The summed E-state index contributed by atoms with van der Waals surface area (Å²) in [6, 6.07) is 15.6. The van der Waals surface area contributed by atoms with Gasteiger partial charge in [0.15, 0.2) is 0 Å². The summed E-state index contributed by atoms with van der Waals surface area (Å²) in [7, 11) is 1.65. The fourth-order valence-electron chi connectivity index (χ4n) is 3.84. The van der Waals surface area contributed by atoms with Crippen LogP contribution in [-0.2, 0) is 11.3 Å². The van der Waals surface area contributed by atoms with Crippen LogP contribution in [0.2, 0.25) is 5.02 Å². The van der Waals surface area contributed by atoms with Crippen molar-refractivity contribution in [1.29, 1.82) is 0 Å². The molecule has 6 heteroatoms.